The van der Waals surface area contributed by atoms with Crippen LogP contribution in [-0.2, 0) is 3.79 Å². The van der Waals surface area contributed by atoms with Gasteiger partial charge < -0.3 is 10.1 Å². The second-order valence-electron chi connectivity index (χ2n) is 5.45. The number of hydrogen-bond donors (Lipinski definition) is 1. The lowest BCUT2D eigenvalue weighted by Crippen LogP contribution is -2.14. The number of halogens is 5. The van der Waals surface area contributed by atoms with Crippen molar-refractivity contribution < 1.29 is 9.53 Å². The molecule has 146 valence electrons. The molecule has 1 aromatic heterocycles. The Morgan fingerprint density at radius 1 is 1.11 bits per heavy atom. The summed E-state index contributed by atoms with van der Waals surface area (Å²) in [5, 5.41) is 7.44. The topological polar surface area (TPSA) is 69.0 Å². The third-order valence-corrected chi connectivity index (χ3v) is 4.79. The van der Waals surface area contributed by atoms with E-state index in [2.05, 4.69) is 15.4 Å². The highest BCUT2D eigenvalue weighted by Crippen LogP contribution is 2.38. The predicted molar refractivity (Wildman–Crippen MR) is 112 cm³/mol. The van der Waals surface area contributed by atoms with Gasteiger partial charge in [0, 0.05) is 11.8 Å². The first-order valence-corrected chi connectivity index (χ1v) is 9.53. The monoisotopic (exact) mass is 478 g/mol. The molecule has 3 rings (SSSR count). The fourth-order valence-electron chi connectivity index (χ4n) is 2.28. The molecule has 0 saturated carbocycles. The van der Waals surface area contributed by atoms with Gasteiger partial charge in [-0.15, -0.1) is 5.10 Å². The van der Waals surface area contributed by atoms with E-state index in [0.29, 0.717) is 22.1 Å². The van der Waals surface area contributed by atoms with Crippen molar-refractivity contribution in [2.75, 3.05) is 12.4 Å². The van der Waals surface area contributed by atoms with Gasteiger partial charge in [-0.2, -0.15) is 0 Å². The number of anilines is 1. The summed E-state index contributed by atoms with van der Waals surface area (Å²) in [6.07, 6.45) is 0. The molecule has 0 radical (unpaired) electrons. The summed E-state index contributed by atoms with van der Waals surface area (Å²) < 4.78 is 4.41. The van der Waals surface area contributed by atoms with Gasteiger partial charge in [-0.05, 0) is 30.3 Å². The van der Waals surface area contributed by atoms with E-state index in [1.54, 1.807) is 36.4 Å². The largest absolute Gasteiger partial charge is 0.497 e. The van der Waals surface area contributed by atoms with Crippen molar-refractivity contribution >= 4 is 69.6 Å². The first kappa shape index (κ1) is 21.0. The molecule has 1 N–H and O–H groups in total. The molecule has 6 nitrogen and oxygen atoms in total. The van der Waals surface area contributed by atoms with Crippen LogP contribution in [0.25, 0.3) is 5.69 Å². The first-order valence-electron chi connectivity index (χ1n) is 7.64. The van der Waals surface area contributed by atoms with Crippen LogP contribution in [0.15, 0.2) is 42.5 Å². The minimum atomic E-state index is -1.94. The summed E-state index contributed by atoms with van der Waals surface area (Å²) in [6, 6.07) is 11.5. The maximum absolute atomic E-state index is 12.6. The van der Waals surface area contributed by atoms with Crippen LogP contribution in [-0.4, -0.2) is 27.8 Å². The highest BCUT2D eigenvalue weighted by atomic mass is 35.6. The van der Waals surface area contributed by atoms with E-state index in [0.717, 1.165) is 0 Å². The third-order valence-electron chi connectivity index (χ3n) is 3.54. The Labute approximate surface area is 185 Å². The molecule has 3 aromatic rings. The van der Waals surface area contributed by atoms with Gasteiger partial charge in [-0.25, -0.2) is 9.67 Å². The molecular weight excluding hydrogens is 469 g/mol. The van der Waals surface area contributed by atoms with Crippen molar-refractivity contribution in [2.45, 2.75) is 3.79 Å². The predicted octanol–water partition coefficient (Wildman–Crippen LogP) is 5.66. The molecule has 0 atom stereocenters. The Bertz CT molecular complexity index is 1030. The number of aromatic nitrogens is 3. The Morgan fingerprint density at radius 2 is 1.86 bits per heavy atom. The average molecular weight is 481 g/mol. The molecule has 0 aliphatic carbocycles. The van der Waals surface area contributed by atoms with Crippen molar-refractivity contribution in [3.8, 4) is 11.4 Å². The van der Waals surface area contributed by atoms with Gasteiger partial charge in [-0.1, -0.05) is 64.1 Å². The van der Waals surface area contributed by atoms with Crippen LogP contribution in [0.4, 0.5) is 5.69 Å². The van der Waals surface area contributed by atoms with Gasteiger partial charge in [0.1, 0.15) is 5.75 Å². The van der Waals surface area contributed by atoms with Crippen LogP contribution in [0.2, 0.25) is 10.0 Å². The molecular formula is C17H11Cl5N4O2. The Morgan fingerprint density at radius 3 is 2.50 bits per heavy atom. The number of carbonyl (C=O) groups excluding carboxylic acids is 1. The quantitative estimate of drug-likeness (QED) is 0.489. The fraction of sp³-hybridized carbons (Fsp3) is 0.118. The zero-order chi connectivity index (χ0) is 20.5. The van der Waals surface area contributed by atoms with Crippen molar-refractivity contribution in [2.24, 2.45) is 0 Å². The Kier molecular flexibility index (Phi) is 6.27. The molecule has 0 fully saturated rings. The Hall–Kier alpha value is -1.70. The summed E-state index contributed by atoms with van der Waals surface area (Å²) >= 11 is 30.0. The molecule has 0 unspecified atom stereocenters. The zero-order valence-electron chi connectivity index (χ0n) is 14.1. The van der Waals surface area contributed by atoms with E-state index in [1.807, 2.05) is 0 Å². The number of methoxy groups -OCH3 is 1. The van der Waals surface area contributed by atoms with Crippen LogP contribution in [0.1, 0.15) is 16.4 Å². The number of carbonyl (C=O) groups is 1. The van der Waals surface area contributed by atoms with Crippen LogP contribution in [0, 0.1) is 0 Å². The van der Waals surface area contributed by atoms with Gasteiger partial charge in [0.25, 0.3) is 5.91 Å². The number of ether oxygens (including phenoxy) is 1. The molecule has 0 saturated heterocycles. The number of hydrogen-bond acceptors (Lipinski definition) is 4. The molecule has 0 aliphatic heterocycles. The van der Waals surface area contributed by atoms with E-state index in [-0.39, 0.29) is 16.7 Å². The number of rotatable bonds is 4. The molecule has 11 heteroatoms. The minimum absolute atomic E-state index is 0.0771. The molecule has 0 bridgehead atoms. The van der Waals surface area contributed by atoms with Gasteiger partial charge in [-0.3, -0.25) is 4.79 Å². The standard InChI is InChI=1S/C17H11Cl5N4O2/c1-28-11-4-2-3-9(7-11)23-15(27)14-24-16(17(20,21)22)26(25-14)10-5-6-12(18)13(19)8-10/h2-8H,1H3,(H,23,27). The van der Waals surface area contributed by atoms with Gasteiger partial charge in [0.15, 0.2) is 5.82 Å². The third kappa shape index (κ3) is 4.64. The maximum Gasteiger partial charge on any atom is 0.295 e. The minimum Gasteiger partial charge on any atom is -0.497 e. The van der Waals surface area contributed by atoms with Crippen LogP contribution >= 0.6 is 58.0 Å². The summed E-state index contributed by atoms with van der Waals surface area (Å²) in [5.41, 5.74) is 0.911. The van der Waals surface area contributed by atoms with Crippen molar-refractivity contribution in [3.63, 3.8) is 0 Å². The van der Waals surface area contributed by atoms with Crippen molar-refractivity contribution in [1.29, 1.82) is 0 Å². The van der Waals surface area contributed by atoms with E-state index in [4.69, 9.17) is 62.7 Å². The Balaban J connectivity index is 1.99. The number of nitrogens with zero attached hydrogens (tertiary/aromatic N) is 3. The average Bonchev–Trinajstić information content (AvgIpc) is 3.10. The highest BCUT2D eigenvalue weighted by Gasteiger charge is 2.33. The normalized spacial score (nSPS) is 11.4. The molecule has 28 heavy (non-hydrogen) atoms. The zero-order valence-corrected chi connectivity index (χ0v) is 17.9. The van der Waals surface area contributed by atoms with Crippen LogP contribution in [0.3, 0.4) is 0 Å². The SMILES string of the molecule is COc1cccc(NC(=O)c2nc(C(Cl)(Cl)Cl)n(-c3ccc(Cl)c(Cl)c3)n2)c1. The number of benzene rings is 2. The van der Waals surface area contributed by atoms with Gasteiger partial charge in [0.2, 0.25) is 9.62 Å². The van der Waals surface area contributed by atoms with Gasteiger partial charge >= 0.3 is 0 Å². The maximum atomic E-state index is 12.6. The second kappa shape index (κ2) is 8.35. The summed E-state index contributed by atoms with van der Waals surface area (Å²) in [6.45, 7) is 0. The summed E-state index contributed by atoms with van der Waals surface area (Å²) in [5.74, 6) is -0.293. The molecule has 0 spiro atoms. The number of nitrogens with one attached hydrogen (secondary N) is 1. The van der Waals surface area contributed by atoms with Crippen molar-refractivity contribution in [1.82, 2.24) is 14.8 Å². The van der Waals surface area contributed by atoms with E-state index < -0.39 is 9.70 Å². The first-order chi connectivity index (χ1) is 13.2. The molecule has 2 aromatic carbocycles. The van der Waals surface area contributed by atoms with E-state index in [9.17, 15) is 4.79 Å². The number of amides is 1. The lowest BCUT2D eigenvalue weighted by molar-refractivity contribution is 0.101. The summed E-state index contributed by atoms with van der Waals surface area (Å²) in [4.78, 5) is 16.7. The number of alkyl halides is 3. The molecule has 0 aliphatic rings. The summed E-state index contributed by atoms with van der Waals surface area (Å²) in [7, 11) is 1.52. The molecule has 1 heterocycles. The fourth-order valence-corrected chi connectivity index (χ4v) is 2.94. The van der Waals surface area contributed by atoms with Crippen molar-refractivity contribution in [3.05, 3.63) is 64.2 Å². The van der Waals surface area contributed by atoms with Gasteiger partial charge in [0.05, 0.1) is 22.8 Å². The second-order valence-corrected chi connectivity index (χ2v) is 8.55. The lowest BCUT2D eigenvalue weighted by atomic mass is 10.3. The lowest BCUT2D eigenvalue weighted by Gasteiger charge is -2.12. The van der Waals surface area contributed by atoms with Crippen LogP contribution in [0.5, 0.6) is 5.75 Å². The smallest absolute Gasteiger partial charge is 0.295 e. The molecule has 1 amide bonds. The van der Waals surface area contributed by atoms with Crippen LogP contribution < -0.4 is 10.1 Å². The highest BCUT2D eigenvalue weighted by molar-refractivity contribution is 6.66. The van der Waals surface area contributed by atoms with E-state index >= 15 is 0 Å². The van der Waals surface area contributed by atoms with E-state index in [1.165, 1.54) is 17.9 Å².